The van der Waals surface area contributed by atoms with Crippen molar-refractivity contribution < 1.29 is 27.5 Å². The van der Waals surface area contributed by atoms with Crippen LogP contribution in [-0.2, 0) is 0 Å². The molecule has 2 N–H and O–H groups in total. The molecule has 116 valence electrons. The number of carbonyl (C=O) groups is 2. The summed E-state index contributed by atoms with van der Waals surface area (Å²) in [7, 11) is 0. The lowest BCUT2D eigenvalue weighted by Crippen LogP contribution is -2.41. The number of halogens is 3. The number of carbonyl (C=O) groups excluding carboxylic acids is 2. The van der Waals surface area contributed by atoms with Gasteiger partial charge in [-0.05, 0) is 35.7 Å². The van der Waals surface area contributed by atoms with Crippen molar-refractivity contribution in [3.63, 3.8) is 0 Å². The normalized spacial score (nSPS) is 10.9. The van der Waals surface area contributed by atoms with Crippen molar-refractivity contribution in [3.8, 4) is 5.75 Å². The van der Waals surface area contributed by atoms with Crippen LogP contribution in [0.1, 0.15) is 20.0 Å². The Hall–Kier alpha value is -2.55. The molecule has 2 aromatic rings. The van der Waals surface area contributed by atoms with Gasteiger partial charge < -0.3 is 4.74 Å². The zero-order valence-corrected chi connectivity index (χ0v) is 11.6. The second-order valence-electron chi connectivity index (χ2n) is 3.96. The Morgan fingerprint density at radius 2 is 1.64 bits per heavy atom. The average Bonchev–Trinajstić information content (AvgIpc) is 2.97. The second-order valence-corrected chi connectivity index (χ2v) is 4.91. The zero-order valence-electron chi connectivity index (χ0n) is 10.8. The van der Waals surface area contributed by atoms with E-state index in [9.17, 15) is 22.8 Å². The zero-order chi connectivity index (χ0) is 16.2. The lowest BCUT2D eigenvalue weighted by atomic mass is 10.2. The first-order chi connectivity index (χ1) is 10.3. The van der Waals surface area contributed by atoms with Crippen molar-refractivity contribution in [2.24, 2.45) is 0 Å². The Balaban J connectivity index is 1.91. The Kier molecular flexibility index (Phi) is 4.66. The van der Waals surface area contributed by atoms with Gasteiger partial charge in [0.2, 0.25) is 0 Å². The first kappa shape index (κ1) is 15.8. The van der Waals surface area contributed by atoms with Crippen LogP contribution in [0.5, 0.6) is 5.75 Å². The summed E-state index contributed by atoms with van der Waals surface area (Å²) in [6, 6.07) is 7.56. The van der Waals surface area contributed by atoms with E-state index in [1.54, 1.807) is 17.5 Å². The van der Waals surface area contributed by atoms with Crippen molar-refractivity contribution in [2.75, 3.05) is 0 Å². The predicted octanol–water partition coefficient (Wildman–Crippen LogP) is 2.72. The van der Waals surface area contributed by atoms with Crippen LogP contribution < -0.4 is 15.6 Å². The molecule has 2 rings (SSSR count). The molecule has 5 nitrogen and oxygen atoms in total. The molecule has 0 saturated carbocycles. The predicted molar refractivity (Wildman–Crippen MR) is 72.4 cm³/mol. The highest BCUT2D eigenvalue weighted by Gasteiger charge is 2.31. The first-order valence-electron chi connectivity index (χ1n) is 5.85. The minimum absolute atomic E-state index is 0.0704. The summed E-state index contributed by atoms with van der Waals surface area (Å²) in [5, 5.41) is 1.70. The summed E-state index contributed by atoms with van der Waals surface area (Å²) in [5.74, 6) is -1.59. The van der Waals surface area contributed by atoms with E-state index in [0.29, 0.717) is 4.88 Å². The highest BCUT2D eigenvalue weighted by atomic mass is 32.1. The number of alkyl halides is 3. The van der Waals surface area contributed by atoms with Crippen LogP contribution in [0.25, 0.3) is 0 Å². The highest BCUT2D eigenvalue weighted by Crippen LogP contribution is 2.22. The van der Waals surface area contributed by atoms with Gasteiger partial charge in [0, 0.05) is 5.56 Å². The fourth-order valence-corrected chi connectivity index (χ4v) is 2.08. The number of hydrogen-bond acceptors (Lipinski definition) is 4. The number of thiophene rings is 1. The number of ether oxygens (including phenoxy) is 1. The van der Waals surface area contributed by atoms with Gasteiger partial charge in [0.05, 0.1) is 4.88 Å². The van der Waals surface area contributed by atoms with Gasteiger partial charge in [-0.1, -0.05) is 6.07 Å². The lowest BCUT2D eigenvalue weighted by Gasteiger charge is -2.09. The van der Waals surface area contributed by atoms with Crippen LogP contribution in [0.15, 0.2) is 41.8 Å². The molecule has 0 atom stereocenters. The molecule has 0 saturated heterocycles. The van der Waals surface area contributed by atoms with Crippen molar-refractivity contribution in [3.05, 3.63) is 52.2 Å². The smallest absolute Gasteiger partial charge is 0.406 e. The van der Waals surface area contributed by atoms with Gasteiger partial charge in [0.25, 0.3) is 11.8 Å². The van der Waals surface area contributed by atoms with E-state index >= 15 is 0 Å². The van der Waals surface area contributed by atoms with Crippen molar-refractivity contribution in [2.45, 2.75) is 6.36 Å². The molecule has 0 fully saturated rings. The number of hydrogen-bond donors (Lipinski definition) is 2. The summed E-state index contributed by atoms with van der Waals surface area (Å²) in [6.45, 7) is 0. The van der Waals surface area contributed by atoms with Gasteiger partial charge in [0.1, 0.15) is 5.75 Å². The van der Waals surface area contributed by atoms with Crippen LogP contribution in [0.2, 0.25) is 0 Å². The molecule has 0 aliphatic heterocycles. The number of rotatable bonds is 3. The highest BCUT2D eigenvalue weighted by molar-refractivity contribution is 7.12. The molecule has 1 aromatic heterocycles. The van der Waals surface area contributed by atoms with Crippen molar-refractivity contribution in [1.29, 1.82) is 0 Å². The fourth-order valence-electron chi connectivity index (χ4n) is 1.46. The van der Waals surface area contributed by atoms with E-state index in [1.165, 1.54) is 11.3 Å². The molecule has 0 unspecified atom stereocenters. The Morgan fingerprint density at radius 3 is 2.18 bits per heavy atom. The Labute approximate surface area is 126 Å². The monoisotopic (exact) mass is 330 g/mol. The van der Waals surface area contributed by atoms with Gasteiger partial charge in [0.15, 0.2) is 0 Å². The minimum atomic E-state index is -4.79. The SMILES string of the molecule is O=C(NNC(=O)c1cccs1)c1ccc(OC(F)(F)F)cc1. The lowest BCUT2D eigenvalue weighted by molar-refractivity contribution is -0.274. The van der Waals surface area contributed by atoms with Gasteiger partial charge in [-0.2, -0.15) is 0 Å². The summed E-state index contributed by atoms with van der Waals surface area (Å²) in [4.78, 5) is 23.7. The van der Waals surface area contributed by atoms with Crippen LogP contribution in [0, 0.1) is 0 Å². The Bertz CT molecular complexity index is 654. The summed E-state index contributed by atoms with van der Waals surface area (Å²) in [5.41, 5.74) is 4.43. The molecular formula is C13H9F3N2O3S. The summed E-state index contributed by atoms with van der Waals surface area (Å²) in [6.07, 6.45) is -4.79. The van der Waals surface area contributed by atoms with Gasteiger partial charge >= 0.3 is 6.36 Å². The molecule has 22 heavy (non-hydrogen) atoms. The quantitative estimate of drug-likeness (QED) is 0.851. The standard InChI is InChI=1S/C13H9F3N2O3S/c14-13(15,16)21-9-5-3-8(4-6-9)11(19)17-18-12(20)10-2-1-7-22-10/h1-7H,(H,17,19)(H,18,20). The maximum Gasteiger partial charge on any atom is 0.573 e. The summed E-state index contributed by atoms with van der Waals surface area (Å²) >= 11 is 1.20. The van der Waals surface area contributed by atoms with Crippen LogP contribution in [0.3, 0.4) is 0 Å². The van der Waals surface area contributed by atoms with E-state index < -0.39 is 23.9 Å². The molecule has 1 heterocycles. The van der Waals surface area contributed by atoms with Crippen molar-refractivity contribution in [1.82, 2.24) is 10.9 Å². The Morgan fingerprint density at radius 1 is 1.00 bits per heavy atom. The molecule has 0 aliphatic rings. The summed E-state index contributed by atoms with van der Waals surface area (Å²) < 4.78 is 39.7. The van der Waals surface area contributed by atoms with Crippen molar-refractivity contribution >= 4 is 23.2 Å². The van der Waals surface area contributed by atoms with E-state index in [2.05, 4.69) is 15.6 Å². The topological polar surface area (TPSA) is 67.4 Å². The largest absolute Gasteiger partial charge is 0.573 e. The number of amides is 2. The number of benzene rings is 1. The minimum Gasteiger partial charge on any atom is -0.406 e. The number of hydrazine groups is 1. The molecule has 9 heteroatoms. The molecule has 0 bridgehead atoms. The third-order valence-electron chi connectivity index (χ3n) is 2.38. The van der Waals surface area contributed by atoms with E-state index in [0.717, 1.165) is 24.3 Å². The fraction of sp³-hybridized carbons (Fsp3) is 0.0769. The maximum absolute atomic E-state index is 12.0. The molecular weight excluding hydrogens is 321 g/mol. The molecule has 0 radical (unpaired) electrons. The van der Waals surface area contributed by atoms with Gasteiger partial charge in [-0.15, -0.1) is 24.5 Å². The number of nitrogens with one attached hydrogen (secondary N) is 2. The second kappa shape index (κ2) is 6.48. The van der Waals surface area contributed by atoms with E-state index in [1.807, 2.05) is 0 Å². The first-order valence-corrected chi connectivity index (χ1v) is 6.73. The average molecular weight is 330 g/mol. The molecule has 2 amide bonds. The molecule has 1 aromatic carbocycles. The third kappa shape index (κ3) is 4.48. The maximum atomic E-state index is 12.0. The van der Waals surface area contributed by atoms with Gasteiger partial charge in [-0.25, -0.2) is 0 Å². The third-order valence-corrected chi connectivity index (χ3v) is 3.25. The van der Waals surface area contributed by atoms with E-state index in [-0.39, 0.29) is 5.56 Å². The van der Waals surface area contributed by atoms with Crippen LogP contribution >= 0.6 is 11.3 Å². The van der Waals surface area contributed by atoms with Crippen LogP contribution in [0.4, 0.5) is 13.2 Å². The molecule has 0 aliphatic carbocycles. The van der Waals surface area contributed by atoms with Crippen LogP contribution in [-0.4, -0.2) is 18.2 Å². The molecule has 0 spiro atoms. The van der Waals surface area contributed by atoms with Gasteiger partial charge in [-0.3, -0.25) is 20.4 Å². The van der Waals surface area contributed by atoms with E-state index in [4.69, 9.17) is 0 Å².